The zero-order valence-electron chi connectivity index (χ0n) is 15.2. The van der Waals surface area contributed by atoms with Crippen LogP contribution in [0.1, 0.15) is 10.6 Å². The van der Waals surface area contributed by atoms with Crippen molar-refractivity contribution in [2.75, 3.05) is 26.2 Å². The fraction of sp³-hybridized carbons (Fsp3) is 0.143. The third-order valence-corrected chi connectivity index (χ3v) is 4.49. The number of fused-ring (bicyclic) bond motifs is 2. The van der Waals surface area contributed by atoms with Crippen molar-refractivity contribution in [2.45, 2.75) is 0 Å². The summed E-state index contributed by atoms with van der Waals surface area (Å²) in [6.07, 6.45) is 0. The van der Waals surface area contributed by atoms with Crippen LogP contribution in [0.4, 0.5) is 5.69 Å². The topological polar surface area (TPSA) is 64.8 Å². The van der Waals surface area contributed by atoms with E-state index >= 15 is 0 Å². The van der Waals surface area contributed by atoms with Gasteiger partial charge in [-0.15, -0.1) is 0 Å². The Labute approximate surface area is 155 Å². The number of aromatic nitrogens is 1. The third-order valence-electron chi connectivity index (χ3n) is 4.49. The van der Waals surface area contributed by atoms with Crippen molar-refractivity contribution in [1.29, 1.82) is 0 Å². The van der Waals surface area contributed by atoms with Gasteiger partial charge in [0, 0.05) is 29.6 Å². The van der Waals surface area contributed by atoms with Crippen molar-refractivity contribution in [3.63, 3.8) is 0 Å². The molecular weight excluding hydrogens is 344 g/mol. The number of carbonyl (C=O) groups excluding carboxylic acids is 1. The normalized spacial score (nSPS) is 10.9. The first-order chi connectivity index (χ1) is 13.1. The molecule has 6 heteroatoms. The maximum atomic E-state index is 12.8. The van der Waals surface area contributed by atoms with Crippen molar-refractivity contribution in [1.82, 2.24) is 4.98 Å². The molecule has 4 rings (SSSR count). The van der Waals surface area contributed by atoms with E-state index in [9.17, 15) is 4.79 Å². The maximum Gasteiger partial charge on any atom is 0.293 e. The molecular formula is C21H18N2O4. The summed E-state index contributed by atoms with van der Waals surface area (Å²) in [5, 5.41) is 1.73. The highest BCUT2D eigenvalue weighted by molar-refractivity contribution is 6.06. The molecule has 0 N–H and O–H groups in total. The minimum Gasteiger partial charge on any atom is -0.497 e. The number of hydrogen-bond acceptors (Lipinski definition) is 5. The molecule has 0 unspecified atom stereocenters. The van der Waals surface area contributed by atoms with E-state index in [0.717, 1.165) is 33.5 Å². The van der Waals surface area contributed by atoms with Gasteiger partial charge in [-0.2, -0.15) is 0 Å². The Kier molecular flexibility index (Phi) is 4.16. The van der Waals surface area contributed by atoms with Crippen LogP contribution in [-0.4, -0.2) is 32.2 Å². The zero-order valence-corrected chi connectivity index (χ0v) is 15.2. The summed E-state index contributed by atoms with van der Waals surface area (Å²) in [4.78, 5) is 18.9. The second-order valence-corrected chi connectivity index (χ2v) is 6.11. The van der Waals surface area contributed by atoms with E-state index in [0.29, 0.717) is 5.71 Å². The second kappa shape index (κ2) is 6.64. The number of hydrogen-bond donors (Lipinski definition) is 0. The fourth-order valence-corrected chi connectivity index (χ4v) is 2.93. The van der Waals surface area contributed by atoms with Crippen LogP contribution < -0.4 is 14.4 Å². The van der Waals surface area contributed by atoms with E-state index in [1.807, 2.05) is 36.4 Å². The lowest BCUT2D eigenvalue weighted by atomic mass is 10.2. The first kappa shape index (κ1) is 16.9. The standard InChI is InChI=1S/C21H18N2O4/c1-23(15-5-8-16(25-2)9-6-15)21(24)19-11-14-10-13-4-7-17(26-3)12-18(13)22-20(14)27-19/h4-12H,1-3H3. The number of rotatable bonds is 4. The first-order valence-corrected chi connectivity index (χ1v) is 8.39. The van der Waals surface area contributed by atoms with Crippen LogP contribution in [0.2, 0.25) is 0 Å². The smallest absolute Gasteiger partial charge is 0.293 e. The summed E-state index contributed by atoms with van der Waals surface area (Å²) in [7, 11) is 4.91. The largest absolute Gasteiger partial charge is 0.497 e. The Hall–Kier alpha value is -3.54. The quantitative estimate of drug-likeness (QED) is 0.542. The molecule has 0 saturated heterocycles. The van der Waals surface area contributed by atoms with Gasteiger partial charge in [-0.1, -0.05) is 0 Å². The van der Waals surface area contributed by atoms with Crippen LogP contribution >= 0.6 is 0 Å². The van der Waals surface area contributed by atoms with Crippen LogP contribution in [0.15, 0.2) is 59.0 Å². The number of amides is 1. The lowest BCUT2D eigenvalue weighted by Gasteiger charge is -2.16. The molecule has 0 bridgehead atoms. The predicted molar refractivity (Wildman–Crippen MR) is 104 cm³/mol. The molecule has 27 heavy (non-hydrogen) atoms. The Morgan fingerprint density at radius 2 is 1.63 bits per heavy atom. The monoisotopic (exact) mass is 362 g/mol. The van der Waals surface area contributed by atoms with Gasteiger partial charge >= 0.3 is 0 Å². The molecule has 0 aliphatic heterocycles. The van der Waals surface area contributed by atoms with Crippen molar-refractivity contribution in [3.05, 3.63) is 60.4 Å². The van der Waals surface area contributed by atoms with Gasteiger partial charge in [0.2, 0.25) is 5.71 Å². The van der Waals surface area contributed by atoms with E-state index in [4.69, 9.17) is 13.9 Å². The highest BCUT2D eigenvalue weighted by Crippen LogP contribution is 2.27. The summed E-state index contributed by atoms with van der Waals surface area (Å²) < 4.78 is 16.1. The number of benzene rings is 2. The van der Waals surface area contributed by atoms with Crippen molar-refractivity contribution in [2.24, 2.45) is 0 Å². The van der Waals surface area contributed by atoms with Crippen LogP contribution in [0.5, 0.6) is 11.5 Å². The zero-order chi connectivity index (χ0) is 19.0. The summed E-state index contributed by atoms with van der Waals surface area (Å²) in [5.74, 6) is 1.43. The number of methoxy groups -OCH3 is 2. The van der Waals surface area contributed by atoms with Crippen LogP contribution in [0, 0.1) is 0 Å². The number of anilines is 1. The molecule has 2 aromatic heterocycles. The summed E-state index contributed by atoms with van der Waals surface area (Å²) >= 11 is 0. The molecule has 1 amide bonds. The molecule has 136 valence electrons. The number of furan rings is 1. The van der Waals surface area contributed by atoms with Crippen LogP contribution in [0.3, 0.4) is 0 Å². The minimum absolute atomic E-state index is 0.234. The Balaban J connectivity index is 1.69. The van der Waals surface area contributed by atoms with E-state index in [-0.39, 0.29) is 11.7 Å². The molecule has 0 saturated carbocycles. The Morgan fingerprint density at radius 3 is 2.33 bits per heavy atom. The van der Waals surface area contributed by atoms with Crippen LogP contribution in [-0.2, 0) is 0 Å². The molecule has 6 nitrogen and oxygen atoms in total. The molecule has 2 heterocycles. The van der Waals surface area contributed by atoms with Crippen molar-refractivity contribution >= 4 is 33.6 Å². The molecule has 0 aliphatic carbocycles. The highest BCUT2D eigenvalue weighted by atomic mass is 16.5. The van der Waals surface area contributed by atoms with E-state index in [1.54, 1.807) is 39.5 Å². The third kappa shape index (κ3) is 3.06. The van der Waals surface area contributed by atoms with Crippen LogP contribution in [0.25, 0.3) is 22.0 Å². The number of ether oxygens (including phenoxy) is 2. The average Bonchev–Trinajstić information content (AvgIpc) is 3.13. The van der Waals surface area contributed by atoms with E-state index in [2.05, 4.69) is 4.98 Å². The highest BCUT2D eigenvalue weighted by Gasteiger charge is 2.19. The van der Waals surface area contributed by atoms with Gasteiger partial charge in [-0.05, 0) is 48.5 Å². The molecule has 0 atom stereocenters. The number of pyridine rings is 1. The molecule has 0 spiro atoms. The minimum atomic E-state index is -0.250. The fourth-order valence-electron chi connectivity index (χ4n) is 2.93. The van der Waals surface area contributed by atoms with Gasteiger partial charge in [-0.3, -0.25) is 4.79 Å². The van der Waals surface area contributed by atoms with E-state index in [1.165, 1.54) is 4.90 Å². The van der Waals surface area contributed by atoms with Gasteiger partial charge < -0.3 is 18.8 Å². The van der Waals surface area contributed by atoms with Crippen molar-refractivity contribution in [3.8, 4) is 11.5 Å². The van der Waals surface area contributed by atoms with Gasteiger partial charge in [-0.25, -0.2) is 4.98 Å². The molecule has 0 aliphatic rings. The maximum absolute atomic E-state index is 12.8. The lowest BCUT2D eigenvalue weighted by Crippen LogP contribution is -2.25. The van der Waals surface area contributed by atoms with Crippen molar-refractivity contribution < 1.29 is 18.7 Å². The molecule has 2 aromatic carbocycles. The Morgan fingerprint density at radius 1 is 0.926 bits per heavy atom. The van der Waals surface area contributed by atoms with Gasteiger partial charge in [0.05, 0.1) is 19.7 Å². The second-order valence-electron chi connectivity index (χ2n) is 6.11. The predicted octanol–water partition coefficient (Wildman–Crippen LogP) is 4.27. The molecule has 4 aromatic rings. The first-order valence-electron chi connectivity index (χ1n) is 8.39. The number of carbonyl (C=O) groups is 1. The van der Waals surface area contributed by atoms with Gasteiger partial charge in [0.1, 0.15) is 11.5 Å². The summed E-state index contributed by atoms with van der Waals surface area (Å²) in [5.41, 5.74) is 1.91. The number of nitrogens with zero attached hydrogens (tertiary/aromatic N) is 2. The summed E-state index contributed by atoms with van der Waals surface area (Å²) in [6, 6.07) is 16.6. The Bertz CT molecular complexity index is 1130. The molecule has 0 fully saturated rings. The lowest BCUT2D eigenvalue weighted by molar-refractivity contribution is 0.0968. The van der Waals surface area contributed by atoms with Gasteiger partial charge in [0.25, 0.3) is 5.91 Å². The summed E-state index contributed by atoms with van der Waals surface area (Å²) in [6.45, 7) is 0. The average molecular weight is 362 g/mol. The van der Waals surface area contributed by atoms with E-state index < -0.39 is 0 Å². The van der Waals surface area contributed by atoms with Gasteiger partial charge in [0.15, 0.2) is 5.76 Å². The SMILES string of the molecule is COc1ccc(N(C)C(=O)c2cc3cc4ccc(OC)cc4nc3o2)cc1. The molecule has 0 radical (unpaired) electrons.